The molecule has 10 heteroatoms. The van der Waals surface area contributed by atoms with Gasteiger partial charge in [-0.05, 0) is 35.9 Å². The number of anilines is 1. The van der Waals surface area contributed by atoms with E-state index in [4.69, 9.17) is 16.3 Å². The second kappa shape index (κ2) is 10.1. The van der Waals surface area contributed by atoms with E-state index in [1.54, 1.807) is 30.3 Å². The monoisotopic (exact) mass is 480 g/mol. The molecule has 0 fully saturated rings. The molecule has 6 nitrogen and oxygen atoms in total. The fourth-order valence-electron chi connectivity index (χ4n) is 2.94. The zero-order valence-electron chi connectivity index (χ0n) is 16.9. The van der Waals surface area contributed by atoms with E-state index in [0.29, 0.717) is 5.56 Å². The standard InChI is InChI=1S/C22H19ClF2N2O4S/c1-31-20-10-7-16(23)11-21(20)32(29,30)27(13-15-5-3-2-4-6-15)14-22(28)26-17-8-9-18(24)19(25)12-17/h2-12H,13-14H2,1H3,(H,26,28). The van der Waals surface area contributed by atoms with E-state index in [2.05, 4.69) is 5.32 Å². The van der Waals surface area contributed by atoms with Crippen molar-refractivity contribution in [3.05, 3.63) is 89.0 Å². The highest BCUT2D eigenvalue weighted by atomic mass is 35.5. The summed E-state index contributed by atoms with van der Waals surface area (Å²) >= 11 is 6.00. The molecule has 0 saturated carbocycles. The van der Waals surface area contributed by atoms with Crippen LogP contribution in [0.4, 0.5) is 14.5 Å². The molecule has 3 rings (SSSR count). The molecule has 0 unspecified atom stereocenters. The Hall–Kier alpha value is -3.01. The van der Waals surface area contributed by atoms with Gasteiger partial charge in [-0.2, -0.15) is 4.31 Å². The molecule has 0 atom stereocenters. The average Bonchev–Trinajstić information content (AvgIpc) is 2.76. The molecule has 168 valence electrons. The van der Waals surface area contributed by atoms with Crippen molar-refractivity contribution < 1.29 is 26.7 Å². The van der Waals surface area contributed by atoms with Gasteiger partial charge in [0, 0.05) is 23.3 Å². The first-order valence-electron chi connectivity index (χ1n) is 9.33. The van der Waals surface area contributed by atoms with Crippen molar-refractivity contribution in [3.63, 3.8) is 0 Å². The molecule has 1 amide bonds. The first-order valence-corrected chi connectivity index (χ1v) is 11.1. The van der Waals surface area contributed by atoms with Crippen molar-refractivity contribution >= 4 is 33.2 Å². The Balaban J connectivity index is 1.93. The summed E-state index contributed by atoms with van der Waals surface area (Å²) < 4.78 is 59.6. The van der Waals surface area contributed by atoms with E-state index < -0.39 is 34.1 Å². The third-order valence-corrected chi connectivity index (χ3v) is 6.52. The van der Waals surface area contributed by atoms with Crippen LogP contribution in [-0.2, 0) is 21.4 Å². The van der Waals surface area contributed by atoms with Gasteiger partial charge in [-0.15, -0.1) is 0 Å². The summed E-state index contributed by atoms with van der Waals surface area (Å²) in [5, 5.41) is 2.56. The molecule has 3 aromatic rings. The molecule has 0 aromatic heterocycles. The summed E-state index contributed by atoms with van der Waals surface area (Å²) in [6.45, 7) is -0.712. The Labute approximate surface area is 189 Å². The number of carbonyl (C=O) groups excluding carboxylic acids is 1. The Morgan fingerprint density at radius 1 is 1.03 bits per heavy atom. The highest BCUT2D eigenvalue weighted by Crippen LogP contribution is 2.30. The van der Waals surface area contributed by atoms with E-state index in [-0.39, 0.29) is 27.9 Å². The van der Waals surface area contributed by atoms with E-state index in [1.807, 2.05) is 0 Å². The van der Waals surface area contributed by atoms with Crippen molar-refractivity contribution in [1.29, 1.82) is 0 Å². The van der Waals surface area contributed by atoms with E-state index in [1.165, 1.54) is 31.4 Å². The number of hydrogen-bond donors (Lipinski definition) is 1. The van der Waals surface area contributed by atoms with E-state index in [9.17, 15) is 22.0 Å². The van der Waals surface area contributed by atoms with Crippen molar-refractivity contribution in [3.8, 4) is 5.75 Å². The lowest BCUT2D eigenvalue weighted by molar-refractivity contribution is -0.116. The van der Waals surface area contributed by atoms with Gasteiger partial charge in [0.05, 0.1) is 13.7 Å². The van der Waals surface area contributed by atoms with E-state index >= 15 is 0 Å². The fraction of sp³-hybridized carbons (Fsp3) is 0.136. The molecule has 0 bridgehead atoms. The van der Waals surface area contributed by atoms with Crippen molar-refractivity contribution in [1.82, 2.24) is 4.31 Å². The number of ether oxygens (including phenoxy) is 1. The number of amides is 1. The molecule has 0 saturated heterocycles. The maximum absolute atomic E-state index is 13.5. The summed E-state index contributed by atoms with van der Waals surface area (Å²) in [6, 6.07) is 15.7. The number of methoxy groups -OCH3 is 1. The molecule has 0 aliphatic carbocycles. The molecule has 3 aromatic carbocycles. The van der Waals surface area contributed by atoms with Gasteiger partial charge in [-0.1, -0.05) is 41.9 Å². The highest BCUT2D eigenvalue weighted by Gasteiger charge is 2.30. The zero-order chi connectivity index (χ0) is 23.3. The Bertz CT molecular complexity index is 1220. The van der Waals surface area contributed by atoms with Crippen LogP contribution in [0.5, 0.6) is 5.75 Å². The number of halogens is 3. The van der Waals surface area contributed by atoms with Gasteiger partial charge in [0.2, 0.25) is 15.9 Å². The van der Waals surface area contributed by atoms with Crippen LogP contribution in [0.25, 0.3) is 0 Å². The Morgan fingerprint density at radius 2 is 1.75 bits per heavy atom. The number of sulfonamides is 1. The number of benzene rings is 3. The zero-order valence-corrected chi connectivity index (χ0v) is 18.5. The van der Waals surface area contributed by atoms with E-state index in [0.717, 1.165) is 16.4 Å². The minimum atomic E-state index is -4.24. The fourth-order valence-corrected chi connectivity index (χ4v) is 4.74. The summed E-state index contributed by atoms with van der Waals surface area (Å²) in [4.78, 5) is 12.4. The number of hydrogen-bond acceptors (Lipinski definition) is 4. The number of nitrogens with one attached hydrogen (secondary N) is 1. The lowest BCUT2D eigenvalue weighted by Crippen LogP contribution is -2.37. The molecular weight excluding hydrogens is 462 g/mol. The first kappa shape index (κ1) is 23.6. The van der Waals surface area contributed by atoms with Crippen molar-refractivity contribution in [2.75, 3.05) is 19.0 Å². The van der Waals surface area contributed by atoms with Crippen LogP contribution in [0.1, 0.15) is 5.56 Å². The topological polar surface area (TPSA) is 75.7 Å². The normalized spacial score (nSPS) is 11.4. The maximum atomic E-state index is 13.5. The quantitative estimate of drug-likeness (QED) is 0.516. The molecule has 0 aliphatic rings. The molecule has 32 heavy (non-hydrogen) atoms. The predicted molar refractivity (Wildman–Crippen MR) is 117 cm³/mol. The average molecular weight is 481 g/mol. The highest BCUT2D eigenvalue weighted by molar-refractivity contribution is 7.89. The molecule has 0 spiro atoms. The lowest BCUT2D eigenvalue weighted by atomic mass is 10.2. The number of rotatable bonds is 8. The van der Waals surface area contributed by atoms with Crippen LogP contribution in [0, 0.1) is 11.6 Å². The van der Waals surface area contributed by atoms with Gasteiger partial charge < -0.3 is 10.1 Å². The van der Waals surface area contributed by atoms with Crippen LogP contribution >= 0.6 is 11.6 Å². The molecule has 1 N–H and O–H groups in total. The van der Waals surface area contributed by atoms with Crippen LogP contribution in [-0.4, -0.2) is 32.3 Å². The summed E-state index contributed by atoms with van der Waals surface area (Å²) in [7, 11) is -2.92. The minimum absolute atomic E-state index is 0.00806. The van der Waals surface area contributed by atoms with Gasteiger partial charge in [0.15, 0.2) is 11.6 Å². The van der Waals surface area contributed by atoms with Crippen LogP contribution in [0.3, 0.4) is 0 Å². The van der Waals surface area contributed by atoms with Crippen LogP contribution in [0.15, 0.2) is 71.6 Å². The second-order valence-corrected chi connectivity index (χ2v) is 9.07. The maximum Gasteiger partial charge on any atom is 0.247 e. The van der Waals surface area contributed by atoms with Gasteiger partial charge in [-0.25, -0.2) is 17.2 Å². The Kier molecular flexibility index (Phi) is 7.44. The minimum Gasteiger partial charge on any atom is -0.495 e. The Morgan fingerprint density at radius 3 is 2.41 bits per heavy atom. The van der Waals surface area contributed by atoms with Crippen molar-refractivity contribution in [2.24, 2.45) is 0 Å². The predicted octanol–water partition coefficient (Wildman–Crippen LogP) is 4.46. The van der Waals surface area contributed by atoms with Crippen molar-refractivity contribution in [2.45, 2.75) is 11.4 Å². The summed E-state index contributed by atoms with van der Waals surface area (Å²) in [6.07, 6.45) is 0. The molecule has 0 heterocycles. The third-order valence-electron chi connectivity index (χ3n) is 4.47. The molecular formula is C22H19ClF2N2O4S. The van der Waals surface area contributed by atoms with Crippen LogP contribution in [0.2, 0.25) is 5.02 Å². The largest absolute Gasteiger partial charge is 0.495 e. The van der Waals surface area contributed by atoms with Gasteiger partial charge >= 0.3 is 0 Å². The summed E-state index contributed by atoms with van der Waals surface area (Å²) in [5.41, 5.74) is 0.629. The third kappa shape index (κ3) is 5.61. The smallest absolute Gasteiger partial charge is 0.247 e. The van der Waals surface area contributed by atoms with Gasteiger partial charge in [0.1, 0.15) is 10.6 Å². The number of carbonyl (C=O) groups is 1. The molecule has 0 radical (unpaired) electrons. The molecule has 0 aliphatic heterocycles. The first-order chi connectivity index (χ1) is 15.2. The van der Waals surface area contributed by atoms with Gasteiger partial charge in [-0.3, -0.25) is 4.79 Å². The second-order valence-electron chi connectivity index (χ2n) is 6.73. The van der Waals surface area contributed by atoms with Crippen LogP contribution < -0.4 is 10.1 Å². The lowest BCUT2D eigenvalue weighted by Gasteiger charge is -2.23. The van der Waals surface area contributed by atoms with Gasteiger partial charge in [0.25, 0.3) is 0 Å². The SMILES string of the molecule is COc1ccc(Cl)cc1S(=O)(=O)N(CC(=O)Nc1ccc(F)c(F)c1)Cc1ccccc1. The number of nitrogens with zero attached hydrogens (tertiary/aromatic N) is 1. The summed E-state index contributed by atoms with van der Waals surface area (Å²) in [5.74, 6) is -2.88.